The second kappa shape index (κ2) is 3.48. The van der Waals surface area contributed by atoms with Crippen molar-refractivity contribution in [3.63, 3.8) is 0 Å². The van der Waals surface area contributed by atoms with Crippen molar-refractivity contribution in [3.8, 4) is 17.2 Å². The molecule has 4 heteroatoms. The maximum absolute atomic E-state index is 13.1. The molecule has 1 aliphatic heterocycles. The molecule has 3 rings (SSSR count). The first kappa shape index (κ1) is 9.15. The third-order valence-corrected chi connectivity index (χ3v) is 2.34. The second-order valence-electron chi connectivity index (χ2n) is 3.43. The summed E-state index contributed by atoms with van der Waals surface area (Å²) in [6.45, 7) is 0.328. The van der Waals surface area contributed by atoms with E-state index in [-0.39, 0.29) is 5.82 Å². The first-order valence-corrected chi connectivity index (χ1v) is 4.87. The number of hydrogen-bond donors (Lipinski definition) is 0. The van der Waals surface area contributed by atoms with Gasteiger partial charge >= 0.3 is 0 Å². The van der Waals surface area contributed by atoms with Crippen LogP contribution >= 0.6 is 0 Å². The van der Waals surface area contributed by atoms with Crippen LogP contribution in [0.15, 0.2) is 36.5 Å². The molecule has 2 aromatic rings. The summed E-state index contributed by atoms with van der Waals surface area (Å²) in [7, 11) is 0. The maximum Gasteiger partial charge on any atom is 0.172 e. The molecule has 0 N–H and O–H groups in total. The number of halogens is 1. The van der Waals surface area contributed by atoms with Crippen LogP contribution in [-0.2, 0) is 6.61 Å². The van der Waals surface area contributed by atoms with Crippen LogP contribution in [0.3, 0.4) is 0 Å². The van der Waals surface area contributed by atoms with Gasteiger partial charge in [0.2, 0.25) is 0 Å². The van der Waals surface area contributed by atoms with Gasteiger partial charge in [0.05, 0.1) is 0 Å². The molecule has 1 aromatic carbocycles. The average Bonchev–Trinajstić information content (AvgIpc) is 2.47. The van der Waals surface area contributed by atoms with Crippen molar-refractivity contribution in [2.24, 2.45) is 0 Å². The van der Waals surface area contributed by atoms with Gasteiger partial charge in [0.15, 0.2) is 17.2 Å². The number of rotatable bonds is 0. The van der Waals surface area contributed by atoms with Gasteiger partial charge in [-0.1, -0.05) is 0 Å². The van der Waals surface area contributed by atoms with Crippen LogP contribution in [0.25, 0.3) is 0 Å². The Balaban J connectivity index is 2.10. The molecule has 0 atom stereocenters. The lowest BCUT2D eigenvalue weighted by Gasteiger charge is -2.06. The zero-order valence-electron chi connectivity index (χ0n) is 8.31. The quantitative estimate of drug-likeness (QED) is 0.679. The van der Waals surface area contributed by atoms with Crippen molar-refractivity contribution in [3.05, 3.63) is 48.0 Å². The molecule has 1 aliphatic rings. The molecule has 80 valence electrons. The number of ether oxygens (including phenoxy) is 2. The summed E-state index contributed by atoms with van der Waals surface area (Å²) in [5, 5.41) is 0. The monoisotopic (exact) mass is 217 g/mol. The van der Waals surface area contributed by atoms with E-state index in [4.69, 9.17) is 9.47 Å². The van der Waals surface area contributed by atoms with Gasteiger partial charge in [0.25, 0.3) is 0 Å². The summed E-state index contributed by atoms with van der Waals surface area (Å²) < 4.78 is 24.1. The Kier molecular flexibility index (Phi) is 1.99. The average molecular weight is 217 g/mol. The highest BCUT2D eigenvalue weighted by molar-refractivity contribution is 5.45. The van der Waals surface area contributed by atoms with Gasteiger partial charge in [-0.3, -0.25) is 4.98 Å². The molecule has 16 heavy (non-hydrogen) atoms. The smallest absolute Gasteiger partial charge is 0.172 e. The van der Waals surface area contributed by atoms with E-state index < -0.39 is 0 Å². The first-order chi connectivity index (χ1) is 7.83. The fourth-order valence-corrected chi connectivity index (χ4v) is 1.57. The van der Waals surface area contributed by atoms with Gasteiger partial charge in [-0.2, -0.15) is 0 Å². The zero-order chi connectivity index (χ0) is 11.0. The summed E-state index contributed by atoms with van der Waals surface area (Å²) >= 11 is 0. The molecule has 0 spiro atoms. The van der Waals surface area contributed by atoms with Crippen LogP contribution in [0, 0.1) is 5.82 Å². The third-order valence-electron chi connectivity index (χ3n) is 2.34. The molecule has 0 unspecified atom stereocenters. The Labute approximate surface area is 91.5 Å². The fourth-order valence-electron chi connectivity index (χ4n) is 1.57. The Morgan fingerprint density at radius 2 is 2.06 bits per heavy atom. The highest BCUT2D eigenvalue weighted by Crippen LogP contribution is 2.36. The van der Waals surface area contributed by atoms with E-state index in [2.05, 4.69) is 4.98 Å². The molecule has 0 bridgehead atoms. The summed E-state index contributed by atoms with van der Waals surface area (Å²) in [6, 6.07) is 7.74. The van der Waals surface area contributed by atoms with E-state index in [1.54, 1.807) is 24.4 Å². The fraction of sp³-hybridized carbons (Fsp3) is 0.0833. The highest BCUT2D eigenvalue weighted by atomic mass is 19.1. The number of benzene rings is 1. The first-order valence-electron chi connectivity index (χ1n) is 4.87. The zero-order valence-corrected chi connectivity index (χ0v) is 8.31. The number of hydrogen-bond acceptors (Lipinski definition) is 3. The van der Waals surface area contributed by atoms with Crippen molar-refractivity contribution in [2.45, 2.75) is 6.61 Å². The van der Waals surface area contributed by atoms with E-state index in [0.717, 1.165) is 0 Å². The second-order valence-corrected chi connectivity index (χ2v) is 3.43. The van der Waals surface area contributed by atoms with E-state index in [0.29, 0.717) is 29.5 Å². The van der Waals surface area contributed by atoms with Crippen molar-refractivity contribution >= 4 is 0 Å². The molecule has 0 saturated carbocycles. The number of aromatic nitrogens is 1. The molecular weight excluding hydrogens is 209 g/mol. The Bertz CT molecular complexity index is 542. The molecule has 0 aliphatic carbocycles. The minimum absolute atomic E-state index is 0.328. The van der Waals surface area contributed by atoms with Crippen molar-refractivity contribution in [1.82, 2.24) is 4.98 Å². The number of pyridine rings is 1. The molecule has 0 saturated heterocycles. The molecule has 2 heterocycles. The number of fused-ring (bicyclic) bond motifs is 2. The third kappa shape index (κ3) is 1.48. The lowest BCUT2D eigenvalue weighted by atomic mass is 10.3. The van der Waals surface area contributed by atoms with Crippen molar-refractivity contribution in [1.29, 1.82) is 0 Å². The lowest BCUT2D eigenvalue weighted by molar-refractivity contribution is 0.302. The minimum Gasteiger partial charge on any atom is -0.483 e. The Morgan fingerprint density at radius 1 is 1.12 bits per heavy atom. The van der Waals surface area contributed by atoms with Crippen LogP contribution in [-0.4, -0.2) is 4.98 Å². The predicted molar refractivity (Wildman–Crippen MR) is 55.0 cm³/mol. The molecule has 3 nitrogen and oxygen atoms in total. The van der Waals surface area contributed by atoms with Crippen LogP contribution in [0.5, 0.6) is 17.2 Å². The largest absolute Gasteiger partial charge is 0.483 e. The summed E-state index contributed by atoms with van der Waals surface area (Å²) in [6.07, 6.45) is 1.67. The van der Waals surface area contributed by atoms with Crippen LogP contribution in [0.4, 0.5) is 4.39 Å². The van der Waals surface area contributed by atoms with E-state index >= 15 is 0 Å². The van der Waals surface area contributed by atoms with E-state index in [1.165, 1.54) is 12.1 Å². The van der Waals surface area contributed by atoms with Crippen LogP contribution < -0.4 is 9.47 Å². The van der Waals surface area contributed by atoms with Gasteiger partial charge in [-0.25, -0.2) is 4.39 Å². The topological polar surface area (TPSA) is 31.4 Å². The Morgan fingerprint density at radius 3 is 3.00 bits per heavy atom. The minimum atomic E-state index is -0.352. The van der Waals surface area contributed by atoms with E-state index in [1.807, 2.05) is 0 Å². The standard InChI is InChI=1S/C12H8FNO2/c13-8-3-4-11-12(6-8)16-10-2-1-5-14-9(10)7-15-11/h1-6H,7H2. The number of nitrogens with zero attached hydrogens (tertiary/aromatic N) is 1. The molecule has 1 aromatic heterocycles. The molecule has 0 fully saturated rings. The van der Waals surface area contributed by atoms with Gasteiger partial charge in [0.1, 0.15) is 18.1 Å². The van der Waals surface area contributed by atoms with Crippen molar-refractivity contribution in [2.75, 3.05) is 0 Å². The van der Waals surface area contributed by atoms with Gasteiger partial charge < -0.3 is 9.47 Å². The van der Waals surface area contributed by atoms with Gasteiger partial charge in [-0.05, 0) is 24.3 Å². The van der Waals surface area contributed by atoms with Crippen LogP contribution in [0.1, 0.15) is 5.69 Å². The molecule has 0 radical (unpaired) electrons. The SMILES string of the molecule is Fc1ccc2c(c1)Oc1cccnc1CO2. The van der Waals surface area contributed by atoms with Gasteiger partial charge in [0, 0.05) is 12.3 Å². The molecule has 0 amide bonds. The Hall–Kier alpha value is -2.10. The summed E-state index contributed by atoms with van der Waals surface area (Å²) in [4.78, 5) is 4.14. The van der Waals surface area contributed by atoms with Gasteiger partial charge in [-0.15, -0.1) is 0 Å². The normalized spacial score (nSPS) is 12.8. The van der Waals surface area contributed by atoms with Crippen LogP contribution in [0.2, 0.25) is 0 Å². The maximum atomic E-state index is 13.1. The molecular formula is C12H8FNO2. The highest BCUT2D eigenvalue weighted by Gasteiger charge is 2.16. The predicted octanol–water partition coefficient (Wildman–Crippen LogP) is 2.91. The van der Waals surface area contributed by atoms with E-state index in [9.17, 15) is 4.39 Å². The van der Waals surface area contributed by atoms with Crippen molar-refractivity contribution < 1.29 is 13.9 Å². The summed E-state index contributed by atoms with van der Waals surface area (Å²) in [5.74, 6) is 1.16. The lowest BCUT2D eigenvalue weighted by Crippen LogP contribution is -1.95. The summed E-state index contributed by atoms with van der Waals surface area (Å²) in [5.41, 5.74) is 0.708.